The number of carboxylic acid groups (broad SMARTS) is 1. The summed E-state index contributed by atoms with van der Waals surface area (Å²) in [4.78, 5) is 157. The number of ether oxygens (including phenoxy) is 1. The largest absolute Gasteiger partial charge is 0.481 e. The number of hydrogen-bond donors (Lipinski definition) is 9. The molecule has 1 aromatic rings. The van der Waals surface area contributed by atoms with Crippen LogP contribution in [-0.2, 0) is 57.5 Å². The number of carbonyl (C=O) groups is 12. The van der Waals surface area contributed by atoms with Gasteiger partial charge >= 0.3 is 11.9 Å². The summed E-state index contributed by atoms with van der Waals surface area (Å²) in [6.07, 6.45) is 10.1. The van der Waals surface area contributed by atoms with Gasteiger partial charge in [-0.25, -0.2) is 4.79 Å². The molecule has 1 aromatic carbocycles. The van der Waals surface area contributed by atoms with Gasteiger partial charge in [-0.3, -0.25) is 52.7 Å². The summed E-state index contributed by atoms with van der Waals surface area (Å²) in [6, 6.07) is 1.84. The Morgan fingerprint density at radius 3 is 1.73 bits per heavy atom. The molecule has 23 heteroatoms. The zero-order chi connectivity index (χ0) is 62.7. The fourth-order valence-electron chi connectivity index (χ4n) is 9.54. The number of nitrogens with zero attached hydrogens (tertiary/aromatic N) is 1. The molecule has 472 valence electrons. The first-order valence-electron chi connectivity index (χ1n) is 30.3. The Labute approximate surface area is 495 Å². The molecular formula is C61H97N7O16. The van der Waals surface area contributed by atoms with Crippen molar-refractivity contribution in [3.05, 3.63) is 29.8 Å². The van der Waals surface area contributed by atoms with Crippen LogP contribution in [0.15, 0.2) is 24.3 Å². The molecule has 2 rings (SSSR count). The predicted octanol–water partition coefficient (Wildman–Crippen LogP) is 4.37. The Balaban J connectivity index is 1.85. The normalized spacial score (nSPS) is 15.5. The quantitative estimate of drug-likeness (QED) is 0.0249. The van der Waals surface area contributed by atoms with Crippen molar-refractivity contribution < 1.29 is 77.6 Å². The Bertz CT molecular complexity index is 2310. The van der Waals surface area contributed by atoms with E-state index in [1.54, 1.807) is 45.0 Å². The first-order chi connectivity index (χ1) is 39.9. The highest BCUT2D eigenvalue weighted by Crippen LogP contribution is 2.22. The van der Waals surface area contributed by atoms with E-state index >= 15 is 0 Å². The number of aliphatic hydroxyl groups is 2. The first kappa shape index (κ1) is 73.5. The van der Waals surface area contributed by atoms with Crippen LogP contribution >= 0.6 is 0 Å². The Kier molecular flexibility index (Phi) is 35.5. The number of esters is 1. The molecule has 0 aromatic heterocycles. The highest BCUT2D eigenvalue weighted by atomic mass is 16.5. The highest BCUT2D eigenvalue weighted by Gasteiger charge is 2.40. The second kappa shape index (κ2) is 40.6. The maximum atomic E-state index is 14.1. The van der Waals surface area contributed by atoms with Gasteiger partial charge in [0.05, 0.1) is 37.8 Å². The summed E-state index contributed by atoms with van der Waals surface area (Å²) in [5, 5.41) is 45.0. The van der Waals surface area contributed by atoms with E-state index in [2.05, 4.69) is 38.8 Å². The molecule has 0 radical (unpaired) electrons. The monoisotopic (exact) mass is 1180 g/mol. The number of unbranched alkanes of at least 4 members (excludes halogenated alkanes) is 10. The zero-order valence-corrected chi connectivity index (χ0v) is 50.7. The number of carboxylic acids is 1. The molecule has 4 unspecified atom stereocenters. The van der Waals surface area contributed by atoms with Gasteiger partial charge in [0.25, 0.3) is 0 Å². The van der Waals surface area contributed by atoms with Gasteiger partial charge in [0, 0.05) is 51.5 Å². The van der Waals surface area contributed by atoms with E-state index < -0.39 is 146 Å². The van der Waals surface area contributed by atoms with Crippen molar-refractivity contribution in [2.45, 2.75) is 233 Å². The predicted molar refractivity (Wildman–Crippen MR) is 313 cm³/mol. The lowest BCUT2D eigenvalue weighted by molar-refractivity contribution is -0.143. The molecule has 23 nitrogen and oxygen atoms in total. The molecule has 1 aliphatic heterocycles. The van der Waals surface area contributed by atoms with E-state index in [0.717, 1.165) is 24.8 Å². The third-order valence-corrected chi connectivity index (χ3v) is 15.0. The number of ketones is 3. The average Bonchev–Trinajstić information content (AvgIpc) is 4.11. The number of aliphatic hydroxyl groups excluding tert-OH is 2. The zero-order valence-electron chi connectivity index (χ0n) is 50.7. The number of benzene rings is 1. The second-order valence-electron chi connectivity index (χ2n) is 22.7. The minimum Gasteiger partial charge on any atom is -0.481 e. The van der Waals surface area contributed by atoms with Gasteiger partial charge in [-0.15, -0.1) is 0 Å². The SMILES string of the molecule is CCCCCCCCCCCCCC(O)CC(=O)CCC(=O)NCC(=O)CCC(=O)C[C@H](C(=O)NCC(=O)N[C@@H](C(=O)N1CCCC1C(=O)N[C@@H](CCC(=O)O)C(=O)NCC(=O)N[C@H](C(=O)Oc1ccc(C)cc1)C(C)CC)C(C)C)C(C)O. The summed E-state index contributed by atoms with van der Waals surface area (Å²) in [7, 11) is 0. The van der Waals surface area contributed by atoms with E-state index in [4.69, 9.17) is 4.74 Å². The van der Waals surface area contributed by atoms with E-state index in [1.165, 1.54) is 63.2 Å². The van der Waals surface area contributed by atoms with E-state index in [1.807, 2.05) is 13.8 Å². The molecule has 1 fully saturated rings. The maximum Gasteiger partial charge on any atom is 0.334 e. The lowest BCUT2D eigenvalue weighted by atomic mass is 9.94. The van der Waals surface area contributed by atoms with Crippen molar-refractivity contribution >= 4 is 70.6 Å². The van der Waals surface area contributed by atoms with E-state index in [-0.39, 0.29) is 68.9 Å². The van der Waals surface area contributed by atoms with Crippen LogP contribution in [0.4, 0.5) is 0 Å². The van der Waals surface area contributed by atoms with Gasteiger partial charge in [0.2, 0.25) is 41.4 Å². The van der Waals surface area contributed by atoms with Crippen LogP contribution in [0.5, 0.6) is 5.75 Å². The number of rotatable bonds is 44. The van der Waals surface area contributed by atoms with Crippen molar-refractivity contribution in [1.29, 1.82) is 0 Å². The van der Waals surface area contributed by atoms with Crippen LogP contribution in [0.2, 0.25) is 0 Å². The lowest BCUT2D eigenvalue weighted by Crippen LogP contribution is -2.58. The van der Waals surface area contributed by atoms with Crippen molar-refractivity contribution in [3.63, 3.8) is 0 Å². The average molecular weight is 1180 g/mol. The number of carbonyl (C=O) groups excluding carboxylic acids is 11. The van der Waals surface area contributed by atoms with Crippen molar-refractivity contribution in [2.75, 3.05) is 26.2 Å². The van der Waals surface area contributed by atoms with Crippen LogP contribution in [0.1, 0.15) is 195 Å². The minimum absolute atomic E-state index is 0.0463. The van der Waals surface area contributed by atoms with Crippen LogP contribution in [0.3, 0.4) is 0 Å². The third-order valence-electron chi connectivity index (χ3n) is 15.0. The number of aliphatic carboxylic acids is 1. The van der Waals surface area contributed by atoms with Crippen LogP contribution in [-0.4, -0.2) is 153 Å². The molecule has 0 saturated carbocycles. The van der Waals surface area contributed by atoms with Gasteiger partial charge in [-0.05, 0) is 63.5 Å². The summed E-state index contributed by atoms with van der Waals surface area (Å²) in [5.74, 6) is -10.6. The number of Topliss-reactive ketones (excluding diaryl/α,β-unsaturated/α-hetero) is 3. The fraction of sp³-hybridized carbons (Fsp3) is 0.705. The van der Waals surface area contributed by atoms with Crippen LogP contribution < -0.4 is 36.6 Å². The van der Waals surface area contributed by atoms with E-state index in [9.17, 15) is 72.9 Å². The molecule has 1 heterocycles. The highest BCUT2D eigenvalue weighted by molar-refractivity contribution is 5.97. The molecule has 8 atom stereocenters. The lowest BCUT2D eigenvalue weighted by Gasteiger charge is -2.31. The summed E-state index contributed by atoms with van der Waals surface area (Å²) < 4.78 is 5.48. The summed E-state index contributed by atoms with van der Waals surface area (Å²) >= 11 is 0. The van der Waals surface area contributed by atoms with Crippen molar-refractivity contribution in [3.8, 4) is 5.75 Å². The third kappa shape index (κ3) is 29.8. The first-order valence-corrected chi connectivity index (χ1v) is 30.3. The molecule has 1 saturated heterocycles. The number of likely N-dealkylation sites (tertiary alicyclic amines) is 1. The Morgan fingerprint density at radius 2 is 1.15 bits per heavy atom. The topological polar surface area (TPSA) is 350 Å². The molecule has 1 aliphatic rings. The summed E-state index contributed by atoms with van der Waals surface area (Å²) in [5.41, 5.74) is 0.946. The van der Waals surface area contributed by atoms with Crippen molar-refractivity contribution in [1.82, 2.24) is 36.8 Å². The molecule has 7 amide bonds. The number of aryl methyl sites for hydroxylation is 1. The van der Waals surface area contributed by atoms with Gasteiger partial charge in [0.15, 0.2) is 5.78 Å². The fourth-order valence-corrected chi connectivity index (χ4v) is 9.54. The van der Waals surface area contributed by atoms with Gasteiger partial charge in [0.1, 0.15) is 41.5 Å². The van der Waals surface area contributed by atoms with Gasteiger partial charge in [-0.2, -0.15) is 0 Å². The Hall–Kier alpha value is -6.62. The molecule has 0 bridgehead atoms. The second-order valence-corrected chi connectivity index (χ2v) is 22.7. The smallest absolute Gasteiger partial charge is 0.334 e. The van der Waals surface area contributed by atoms with Crippen molar-refractivity contribution in [2.24, 2.45) is 17.8 Å². The number of amides is 7. The van der Waals surface area contributed by atoms with Crippen LogP contribution in [0, 0.1) is 24.7 Å². The molecular weight excluding hydrogens is 1090 g/mol. The summed E-state index contributed by atoms with van der Waals surface area (Å²) in [6.45, 7) is 10.6. The molecule has 84 heavy (non-hydrogen) atoms. The minimum atomic E-state index is -1.46. The number of nitrogens with one attached hydrogen (secondary N) is 6. The molecule has 0 aliphatic carbocycles. The van der Waals surface area contributed by atoms with Gasteiger partial charge < -0.3 is 56.9 Å². The number of hydrogen-bond acceptors (Lipinski definition) is 15. The maximum absolute atomic E-state index is 14.1. The molecule has 9 N–H and O–H groups in total. The standard InChI is InChI=1S/C61H97N7O16/c1-8-10-11-12-13-14-15-16-17-18-19-21-43(70)34-44(71)27-31-51(74)62-36-46(73)26-25-45(72)35-48(42(7)69)57(79)63-37-52(75)66-55(39(3)4)60(82)68-33-20-22-50(68)59(81)65-49(30-32-54(77)78)58(80)64-38-53(76)67-56(41(6)9-2)61(83)84-47-28-23-40(5)24-29-47/h23-24,28-29,39,41-43,48-50,55-56,69-70H,8-22,25-27,30-38H2,1-7H3,(H,62,74)(H,63,79)(H,64,80)(H,65,81)(H,66,75)(H,67,76)(H,77,78)/t41?,42?,43?,48-,49-,50?,55+,56-/m0/s1. The van der Waals surface area contributed by atoms with Crippen LogP contribution in [0.25, 0.3) is 0 Å². The molecule has 0 spiro atoms. The Morgan fingerprint density at radius 1 is 0.607 bits per heavy atom. The van der Waals surface area contributed by atoms with Gasteiger partial charge in [-0.1, -0.05) is 129 Å². The van der Waals surface area contributed by atoms with E-state index in [0.29, 0.717) is 19.3 Å².